The second-order valence-electron chi connectivity index (χ2n) is 8.46. The molecule has 2 N–H and O–H groups in total. The van der Waals surface area contributed by atoms with Crippen molar-refractivity contribution in [1.82, 2.24) is 5.48 Å². The van der Waals surface area contributed by atoms with Crippen LogP contribution < -0.4 is 15.7 Å². The van der Waals surface area contributed by atoms with Crippen molar-refractivity contribution in [1.29, 1.82) is 0 Å². The number of carbonyl (C=O) groups is 2. The monoisotopic (exact) mass is 445 g/mol. The summed E-state index contributed by atoms with van der Waals surface area (Å²) in [5, 5.41) is 8.55. The molecule has 2 aliphatic carbocycles. The average molecular weight is 445 g/mol. The van der Waals surface area contributed by atoms with Gasteiger partial charge < -0.3 is 24.0 Å². The molecule has 0 amide bonds. The number of esters is 1. The Hall–Kier alpha value is -2.36. The Morgan fingerprint density at radius 3 is 2.47 bits per heavy atom. The first-order chi connectivity index (χ1) is 15.5. The van der Waals surface area contributed by atoms with Crippen LogP contribution in [0.1, 0.15) is 51.4 Å². The van der Waals surface area contributed by atoms with Gasteiger partial charge in [-0.25, -0.2) is 15.1 Å². The molecule has 0 aliphatic heterocycles. The summed E-state index contributed by atoms with van der Waals surface area (Å²) in [6.45, 7) is -0.541. The van der Waals surface area contributed by atoms with E-state index in [1.807, 2.05) is 12.1 Å². The van der Waals surface area contributed by atoms with E-state index in [1.165, 1.54) is 50.5 Å². The number of benzene rings is 1. The predicted molar refractivity (Wildman–Crippen MR) is 119 cm³/mol. The van der Waals surface area contributed by atoms with Gasteiger partial charge in [0, 0.05) is 7.05 Å². The lowest BCUT2D eigenvalue weighted by atomic mass is 9.67. The Morgan fingerprint density at radius 2 is 1.78 bits per heavy atom. The maximum absolute atomic E-state index is 11.6. The minimum atomic E-state index is -1.23. The van der Waals surface area contributed by atoms with E-state index < -0.39 is 32.3 Å². The Kier molecular flexibility index (Phi) is 9.14. The summed E-state index contributed by atoms with van der Waals surface area (Å²) >= 11 is 0. The number of carbonyl (C=O) groups excluding carboxylic acids is 1. The van der Waals surface area contributed by atoms with E-state index in [-0.39, 0.29) is 0 Å². The number of hydroxylamine groups is 1. The van der Waals surface area contributed by atoms with Gasteiger partial charge in [0.2, 0.25) is 0 Å². The molecule has 2 aliphatic rings. The lowest BCUT2D eigenvalue weighted by Crippen LogP contribution is -2.41. The number of allylic oxidation sites excluding steroid dienone is 1. The molecule has 9 heteroatoms. The Morgan fingerprint density at radius 1 is 1.06 bits per heavy atom. The fraction of sp³-hybridized carbons (Fsp3) is 0.565. The van der Waals surface area contributed by atoms with Gasteiger partial charge in [-0.1, -0.05) is 37.5 Å². The van der Waals surface area contributed by atoms with Crippen molar-refractivity contribution in [3.63, 3.8) is 0 Å². The molecule has 0 bridgehead atoms. The van der Waals surface area contributed by atoms with Crippen molar-refractivity contribution >= 4 is 24.5 Å². The van der Waals surface area contributed by atoms with Gasteiger partial charge in [0.1, 0.15) is 19.0 Å². The molecule has 32 heavy (non-hydrogen) atoms. The summed E-state index contributed by atoms with van der Waals surface area (Å²) in [5.41, 5.74) is 5.01. The zero-order valence-corrected chi connectivity index (χ0v) is 18.6. The number of carboxylic acid groups (broad SMARTS) is 1. The third-order valence-electron chi connectivity index (χ3n) is 6.04. The lowest BCUT2D eigenvalue weighted by Gasteiger charge is -2.38. The van der Waals surface area contributed by atoms with Crippen molar-refractivity contribution < 1.29 is 33.6 Å². The van der Waals surface area contributed by atoms with Crippen LogP contribution in [0.4, 0.5) is 0 Å². The normalized spacial score (nSPS) is 17.5. The maximum Gasteiger partial charge on any atom is 0.511 e. The number of carboxylic acids is 1. The molecule has 1 aromatic rings. The van der Waals surface area contributed by atoms with Crippen LogP contribution in [0.25, 0.3) is 0 Å². The zero-order chi connectivity index (χ0) is 22.8. The van der Waals surface area contributed by atoms with E-state index in [1.54, 1.807) is 19.2 Å². The van der Waals surface area contributed by atoms with E-state index in [2.05, 4.69) is 16.3 Å². The van der Waals surface area contributed by atoms with Crippen LogP contribution in [0, 0.1) is 5.41 Å². The minimum Gasteiger partial charge on any atom is -0.489 e. The molecule has 0 atom stereocenters. The van der Waals surface area contributed by atoms with E-state index >= 15 is 0 Å². The van der Waals surface area contributed by atoms with Crippen molar-refractivity contribution in [2.75, 3.05) is 26.9 Å². The highest BCUT2D eigenvalue weighted by molar-refractivity contribution is 6.61. The maximum atomic E-state index is 11.6. The highest BCUT2D eigenvalue weighted by Gasteiger charge is 2.32. The molecule has 1 spiro atoms. The summed E-state index contributed by atoms with van der Waals surface area (Å²) in [6, 6.07) is 7.29. The fourth-order valence-electron chi connectivity index (χ4n) is 4.54. The molecule has 0 saturated heterocycles. The number of ether oxygens (including phenoxy) is 2. The largest absolute Gasteiger partial charge is 0.511 e. The van der Waals surface area contributed by atoms with Gasteiger partial charge in [-0.3, -0.25) is 0 Å². The molecule has 8 nitrogen and oxygen atoms in total. The number of hydrogen-bond donors (Lipinski definition) is 2. The van der Waals surface area contributed by atoms with Crippen LogP contribution in [-0.4, -0.2) is 51.0 Å². The first-order valence-electron chi connectivity index (χ1n) is 11.2. The summed E-state index contributed by atoms with van der Waals surface area (Å²) in [5.74, 6) is -1.26. The Bertz CT molecular complexity index is 790. The van der Waals surface area contributed by atoms with E-state index in [0.717, 1.165) is 12.2 Å². The van der Waals surface area contributed by atoms with E-state index in [0.29, 0.717) is 17.5 Å². The molecular weight excluding hydrogens is 413 g/mol. The highest BCUT2D eigenvalue weighted by Crippen LogP contribution is 2.45. The molecule has 1 fully saturated rings. The number of aliphatic carboxylic acids is 1. The molecule has 0 aromatic heterocycles. The first kappa shape index (κ1) is 24.3. The third kappa shape index (κ3) is 7.36. The van der Waals surface area contributed by atoms with Gasteiger partial charge in [0.15, 0.2) is 6.61 Å². The van der Waals surface area contributed by atoms with Gasteiger partial charge in [-0.15, -0.1) is 0 Å². The van der Waals surface area contributed by atoms with Gasteiger partial charge in [-0.05, 0) is 60.7 Å². The second kappa shape index (κ2) is 12.0. The predicted octanol–water partition coefficient (Wildman–Crippen LogP) is 2.62. The molecule has 0 unspecified atom stereocenters. The summed E-state index contributed by atoms with van der Waals surface area (Å²) in [7, 11) is 0.715. The topological polar surface area (TPSA) is 103 Å². The molecular formula is C23H32BNO7. The van der Waals surface area contributed by atoms with Crippen LogP contribution in [-0.2, 0) is 23.7 Å². The zero-order valence-electron chi connectivity index (χ0n) is 18.6. The molecule has 1 aromatic carbocycles. The number of hydrogen-bond acceptors (Lipinski definition) is 7. The van der Waals surface area contributed by atoms with Crippen LogP contribution in [0.2, 0.25) is 0 Å². The van der Waals surface area contributed by atoms with Gasteiger partial charge in [0.25, 0.3) is 0 Å². The Labute approximate surface area is 189 Å². The summed E-state index contributed by atoms with van der Waals surface area (Å²) in [6.07, 6.45) is 12.8. The Balaban J connectivity index is 1.52. The fourth-order valence-corrected chi connectivity index (χ4v) is 4.54. The lowest BCUT2D eigenvalue weighted by molar-refractivity contribution is -0.156. The summed E-state index contributed by atoms with van der Waals surface area (Å²) < 4.78 is 21.3. The second-order valence-corrected chi connectivity index (χ2v) is 8.46. The average Bonchev–Trinajstić information content (AvgIpc) is 2.80. The first-order valence-corrected chi connectivity index (χ1v) is 11.2. The van der Waals surface area contributed by atoms with Crippen molar-refractivity contribution in [3.8, 4) is 5.75 Å². The molecule has 174 valence electrons. The van der Waals surface area contributed by atoms with Crippen molar-refractivity contribution in [3.05, 3.63) is 35.9 Å². The SMILES string of the molecule is CNOB(OCC(=O)OCC(=O)O)c1ccc(OCC2=CC3(CCCCC3)CCC2)cc1. The van der Waals surface area contributed by atoms with Crippen molar-refractivity contribution in [2.45, 2.75) is 51.4 Å². The standard InChI is InChI=1S/C23H32BNO7/c1-25-32-24(31-17-22(28)30-16-21(26)27)19-7-9-20(10-8-19)29-15-18-6-5-13-23(14-18)11-3-2-4-12-23/h7-10,14,25H,2-6,11-13,15-17H2,1H3,(H,26,27). The molecule has 1 saturated carbocycles. The van der Waals surface area contributed by atoms with Crippen LogP contribution in [0.15, 0.2) is 35.9 Å². The number of rotatable bonds is 11. The van der Waals surface area contributed by atoms with Gasteiger partial charge in [-0.2, -0.15) is 0 Å². The van der Waals surface area contributed by atoms with E-state index in [4.69, 9.17) is 19.3 Å². The summed E-state index contributed by atoms with van der Waals surface area (Å²) in [4.78, 5) is 22.0. The van der Waals surface area contributed by atoms with Crippen molar-refractivity contribution in [2.24, 2.45) is 5.41 Å². The van der Waals surface area contributed by atoms with E-state index in [9.17, 15) is 9.59 Å². The van der Waals surface area contributed by atoms with Crippen LogP contribution >= 0.6 is 0 Å². The van der Waals surface area contributed by atoms with Crippen LogP contribution in [0.5, 0.6) is 5.75 Å². The molecule has 0 heterocycles. The van der Waals surface area contributed by atoms with Crippen LogP contribution in [0.3, 0.4) is 0 Å². The minimum absolute atomic E-state index is 0.402. The highest BCUT2D eigenvalue weighted by atomic mass is 16.7. The molecule has 0 radical (unpaired) electrons. The van der Waals surface area contributed by atoms with Gasteiger partial charge in [0.05, 0.1) is 0 Å². The molecule has 3 rings (SSSR count). The number of nitrogens with one attached hydrogen (secondary N) is 1. The van der Waals surface area contributed by atoms with Gasteiger partial charge >= 0.3 is 19.1 Å². The third-order valence-corrected chi connectivity index (χ3v) is 6.04. The smallest absolute Gasteiger partial charge is 0.489 e. The quantitative estimate of drug-likeness (QED) is 0.232.